The van der Waals surface area contributed by atoms with Crippen LogP contribution >= 0.6 is 23.2 Å². The minimum Gasteiger partial charge on any atom is -0.481 e. The van der Waals surface area contributed by atoms with E-state index in [0.717, 1.165) is 11.0 Å². The molecule has 4 aromatic rings. The van der Waals surface area contributed by atoms with Crippen molar-refractivity contribution in [3.63, 3.8) is 0 Å². The molecule has 4 rings (SSSR count). The second-order valence-corrected chi connectivity index (χ2v) is 6.71. The molecule has 6 nitrogen and oxygen atoms in total. The summed E-state index contributed by atoms with van der Waals surface area (Å²) in [4.78, 5) is 19.9. The van der Waals surface area contributed by atoms with Gasteiger partial charge in [-0.1, -0.05) is 41.4 Å². The van der Waals surface area contributed by atoms with E-state index in [2.05, 4.69) is 9.97 Å². The van der Waals surface area contributed by atoms with Gasteiger partial charge in [0.25, 0.3) is 0 Å². The average Bonchev–Trinajstić information content (AvgIpc) is 3.26. The first-order chi connectivity index (χ1) is 13.0. The molecule has 8 heteroatoms. The van der Waals surface area contributed by atoms with Crippen LogP contribution in [0.1, 0.15) is 12.2 Å². The first-order valence-electron chi connectivity index (χ1n) is 8.12. The summed E-state index contributed by atoms with van der Waals surface area (Å²) in [5.41, 5.74) is 2.87. The number of nitrogens with zero attached hydrogens (tertiary/aromatic N) is 3. The molecule has 2 aromatic carbocycles. The van der Waals surface area contributed by atoms with Gasteiger partial charge >= 0.3 is 12.0 Å². The molecule has 0 saturated heterocycles. The van der Waals surface area contributed by atoms with Crippen LogP contribution < -0.4 is 0 Å². The van der Waals surface area contributed by atoms with Crippen molar-refractivity contribution < 1.29 is 14.3 Å². The molecule has 2 aromatic heterocycles. The summed E-state index contributed by atoms with van der Waals surface area (Å²) >= 11 is 12.1. The van der Waals surface area contributed by atoms with Crippen LogP contribution in [-0.4, -0.2) is 25.6 Å². The van der Waals surface area contributed by atoms with E-state index < -0.39 is 5.97 Å². The van der Waals surface area contributed by atoms with Crippen molar-refractivity contribution in [2.45, 2.75) is 12.8 Å². The number of fused-ring (bicyclic) bond motifs is 1. The van der Waals surface area contributed by atoms with Gasteiger partial charge in [0.1, 0.15) is 17.8 Å². The molecule has 1 N–H and O–H groups in total. The molecule has 2 heterocycles. The highest BCUT2D eigenvalue weighted by atomic mass is 35.5. The molecular formula is C19H13Cl2N3O3. The Kier molecular flexibility index (Phi) is 4.59. The minimum absolute atomic E-state index is 0.0758. The van der Waals surface area contributed by atoms with E-state index in [1.54, 1.807) is 29.1 Å². The van der Waals surface area contributed by atoms with Gasteiger partial charge in [0.15, 0.2) is 0 Å². The highest BCUT2D eigenvalue weighted by molar-refractivity contribution is 6.42. The highest BCUT2D eigenvalue weighted by Crippen LogP contribution is 2.32. The number of carboxylic acid groups (broad SMARTS) is 1. The number of carboxylic acids is 1. The molecule has 0 saturated carbocycles. The van der Waals surface area contributed by atoms with E-state index in [4.69, 9.17) is 32.7 Å². The molecule has 0 radical (unpaired) electrons. The largest absolute Gasteiger partial charge is 0.481 e. The van der Waals surface area contributed by atoms with Crippen molar-refractivity contribution in [1.29, 1.82) is 0 Å². The number of halogens is 2. The molecule has 0 atom stereocenters. The third kappa shape index (κ3) is 3.41. The Bertz CT molecular complexity index is 1150. The topological polar surface area (TPSA) is 81.1 Å². The van der Waals surface area contributed by atoms with Crippen LogP contribution in [0.2, 0.25) is 10.0 Å². The summed E-state index contributed by atoms with van der Waals surface area (Å²) in [6, 6.07) is 13.0. The lowest BCUT2D eigenvalue weighted by Crippen LogP contribution is -1.97. The summed E-state index contributed by atoms with van der Waals surface area (Å²) in [5, 5.41) is 9.85. The van der Waals surface area contributed by atoms with E-state index in [-0.39, 0.29) is 12.8 Å². The van der Waals surface area contributed by atoms with E-state index in [1.165, 1.54) is 0 Å². The minimum atomic E-state index is -0.916. The number of aliphatic carboxylic acids is 1. The third-order valence-corrected chi connectivity index (χ3v) is 4.84. The lowest BCUT2D eigenvalue weighted by atomic mass is 10.1. The average molecular weight is 402 g/mol. The molecule has 0 bridgehead atoms. The normalized spacial score (nSPS) is 11.2. The number of carbonyl (C=O) groups is 1. The van der Waals surface area contributed by atoms with Gasteiger partial charge in [-0.2, -0.15) is 4.98 Å². The number of oxazole rings is 1. The number of rotatable bonds is 5. The zero-order chi connectivity index (χ0) is 19.0. The van der Waals surface area contributed by atoms with E-state index in [1.807, 2.05) is 24.3 Å². The number of aromatic nitrogens is 3. The van der Waals surface area contributed by atoms with Gasteiger partial charge in [0.05, 0.1) is 27.5 Å². The fraction of sp³-hybridized carbons (Fsp3) is 0.105. The predicted octanol–water partition coefficient (Wildman–Crippen LogP) is 5.00. The molecule has 0 aliphatic carbocycles. The summed E-state index contributed by atoms with van der Waals surface area (Å²) < 4.78 is 7.64. The van der Waals surface area contributed by atoms with Crippen LogP contribution in [0, 0.1) is 0 Å². The predicted molar refractivity (Wildman–Crippen MR) is 103 cm³/mol. The fourth-order valence-corrected chi connectivity index (χ4v) is 3.11. The van der Waals surface area contributed by atoms with E-state index in [9.17, 15) is 4.79 Å². The number of aryl methyl sites for hydroxylation is 1. The number of hydrogen-bond acceptors (Lipinski definition) is 4. The zero-order valence-electron chi connectivity index (χ0n) is 13.9. The van der Waals surface area contributed by atoms with Crippen molar-refractivity contribution in [3.8, 4) is 17.3 Å². The fourth-order valence-electron chi connectivity index (χ4n) is 2.81. The first kappa shape index (κ1) is 17.6. The number of benzene rings is 2. The van der Waals surface area contributed by atoms with E-state index in [0.29, 0.717) is 33.1 Å². The lowest BCUT2D eigenvalue weighted by molar-refractivity contribution is -0.137. The van der Waals surface area contributed by atoms with Gasteiger partial charge in [-0.3, -0.25) is 9.36 Å². The molecule has 0 spiro atoms. The quantitative estimate of drug-likeness (QED) is 0.508. The van der Waals surface area contributed by atoms with Crippen molar-refractivity contribution in [1.82, 2.24) is 14.5 Å². The summed E-state index contributed by atoms with van der Waals surface area (Å²) in [7, 11) is 0. The van der Waals surface area contributed by atoms with Gasteiger partial charge in [0.2, 0.25) is 0 Å². The molecular weight excluding hydrogens is 389 g/mol. The Morgan fingerprint density at radius 1 is 1.15 bits per heavy atom. The maximum Gasteiger partial charge on any atom is 0.308 e. The van der Waals surface area contributed by atoms with Crippen LogP contribution in [-0.2, 0) is 11.2 Å². The first-order valence-corrected chi connectivity index (χ1v) is 8.88. The number of imidazole rings is 1. The van der Waals surface area contributed by atoms with Gasteiger partial charge < -0.3 is 9.52 Å². The Labute approximate surface area is 164 Å². The molecule has 0 aliphatic heterocycles. The van der Waals surface area contributed by atoms with Crippen LogP contribution in [0.25, 0.3) is 28.3 Å². The van der Waals surface area contributed by atoms with Crippen LogP contribution in [0.15, 0.2) is 53.2 Å². The van der Waals surface area contributed by atoms with Crippen LogP contribution in [0.5, 0.6) is 0 Å². The van der Waals surface area contributed by atoms with Gasteiger partial charge in [-0.15, -0.1) is 0 Å². The van der Waals surface area contributed by atoms with Crippen molar-refractivity contribution in [2.24, 2.45) is 0 Å². The smallest absolute Gasteiger partial charge is 0.308 e. The molecule has 136 valence electrons. The van der Waals surface area contributed by atoms with E-state index >= 15 is 0 Å². The van der Waals surface area contributed by atoms with Crippen molar-refractivity contribution in [3.05, 3.63) is 64.6 Å². The maximum absolute atomic E-state index is 11.0. The van der Waals surface area contributed by atoms with Gasteiger partial charge in [-0.25, -0.2) is 4.98 Å². The molecule has 0 unspecified atom stereocenters. The second-order valence-electron chi connectivity index (χ2n) is 5.89. The Balaban J connectivity index is 1.84. The Morgan fingerprint density at radius 2 is 1.96 bits per heavy atom. The molecule has 27 heavy (non-hydrogen) atoms. The van der Waals surface area contributed by atoms with Gasteiger partial charge in [0, 0.05) is 12.0 Å². The summed E-state index contributed by atoms with van der Waals surface area (Å²) in [6.45, 7) is 0. The Hall–Kier alpha value is -2.83. The maximum atomic E-state index is 11.0. The number of para-hydroxylation sites is 2. The SMILES string of the molecule is O=C(O)CCc1oc(-n2cnc3ccccc32)nc1-c1ccc(Cl)c(Cl)c1. The lowest BCUT2D eigenvalue weighted by Gasteiger charge is -2.02. The van der Waals surface area contributed by atoms with Gasteiger partial charge in [-0.05, 0) is 24.3 Å². The van der Waals surface area contributed by atoms with Crippen molar-refractivity contribution in [2.75, 3.05) is 0 Å². The number of hydrogen-bond donors (Lipinski definition) is 1. The molecule has 0 aliphatic rings. The third-order valence-electron chi connectivity index (χ3n) is 4.10. The highest BCUT2D eigenvalue weighted by Gasteiger charge is 2.19. The standard InChI is InChI=1S/C19H13Cl2N3O3/c20-12-6-5-11(9-13(12)21)18-16(7-8-17(25)26)27-19(23-18)24-10-22-14-3-1-2-4-15(14)24/h1-6,9-10H,7-8H2,(H,25,26). The molecule has 0 amide bonds. The summed E-state index contributed by atoms with van der Waals surface area (Å²) in [6.07, 6.45) is 1.74. The van der Waals surface area contributed by atoms with Crippen molar-refractivity contribution >= 4 is 40.2 Å². The Morgan fingerprint density at radius 3 is 2.74 bits per heavy atom. The van der Waals surface area contributed by atoms with Crippen LogP contribution in [0.4, 0.5) is 0 Å². The zero-order valence-corrected chi connectivity index (χ0v) is 15.4. The monoisotopic (exact) mass is 401 g/mol. The van der Waals surface area contributed by atoms with Crippen LogP contribution in [0.3, 0.4) is 0 Å². The molecule has 0 fully saturated rings. The summed E-state index contributed by atoms with van der Waals surface area (Å²) in [5.74, 6) is -0.454. The second kappa shape index (κ2) is 7.06.